The molecule has 0 N–H and O–H groups in total. The van der Waals surface area contributed by atoms with Crippen molar-refractivity contribution in [3.05, 3.63) is 85.5 Å². The van der Waals surface area contributed by atoms with E-state index in [4.69, 9.17) is 2.51 Å². The Balaban J connectivity index is 1.78. The second-order valence-electron chi connectivity index (χ2n) is 5.54. The van der Waals surface area contributed by atoms with Gasteiger partial charge < -0.3 is 0 Å². The summed E-state index contributed by atoms with van der Waals surface area (Å²) >= 11 is -2.48. The summed E-state index contributed by atoms with van der Waals surface area (Å²) in [7, 11) is -3.78. The van der Waals surface area contributed by atoms with Crippen molar-refractivity contribution in [3.63, 3.8) is 0 Å². The van der Waals surface area contributed by atoms with Crippen LogP contribution in [0.5, 0.6) is 0 Å². The maximum atomic E-state index is 12.7. The van der Waals surface area contributed by atoms with E-state index in [2.05, 4.69) is 0 Å². The van der Waals surface area contributed by atoms with Crippen molar-refractivity contribution in [2.24, 2.45) is 0 Å². The Kier molecular flexibility index (Phi) is 3.94. The van der Waals surface area contributed by atoms with Crippen molar-refractivity contribution in [1.82, 2.24) is 0 Å². The van der Waals surface area contributed by atoms with Crippen molar-refractivity contribution in [2.75, 3.05) is 0 Å². The van der Waals surface area contributed by atoms with Crippen LogP contribution in [0.1, 0.15) is 5.56 Å². The fourth-order valence-corrected chi connectivity index (χ4v) is 10.4. The molecule has 0 saturated heterocycles. The van der Waals surface area contributed by atoms with E-state index in [-0.39, 0.29) is 4.90 Å². The van der Waals surface area contributed by atoms with E-state index >= 15 is 0 Å². The van der Waals surface area contributed by atoms with Crippen molar-refractivity contribution >= 4 is 30.4 Å². The molecule has 3 aromatic rings. The zero-order valence-corrected chi connectivity index (χ0v) is 15.9. The molecule has 0 unspecified atom stereocenters. The van der Waals surface area contributed by atoms with Gasteiger partial charge in [-0.15, -0.1) is 0 Å². The molecule has 1 aliphatic heterocycles. The van der Waals surface area contributed by atoms with Gasteiger partial charge in [0.2, 0.25) is 0 Å². The fourth-order valence-electron chi connectivity index (χ4n) is 2.66. The Labute approximate surface area is 149 Å². The fraction of sp³-hybridized carbons (Fsp3) is 0.0526. The van der Waals surface area contributed by atoms with E-state index in [9.17, 15) is 8.42 Å². The number of hydrogen-bond acceptors (Lipinski definition) is 3. The van der Waals surface area contributed by atoms with E-state index in [0.29, 0.717) is 0 Å². The van der Waals surface area contributed by atoms with Gasteiger partial charge in [-0.3, -0.25) is 0 Å². The average molecular weight is 450 g/mol. The molecule has 0 spiro atoms. The Morgan fingerprint density at radius 3 is 1.79 bits per heavy atom. The minimum absolute atomic E-state index is 0.215. The normalized spacial score (nSPS) is 14.3. The number of hydrogen-bond donors (Lipinski definition) is 0. The first kappa shape index (κ1) is 15.8. The summed E-state index contributed by atoms with van der Waals surface area (Å²) in [5.41, 5.74) is 3.21. The van der Waals surface area contributed by atoms with Crippen LogP contribution < -0.4 is 0 Å². The number of halogens is 1. The van der Waals surface area contributed by atoms with Crippen LogP contribution in [-0.2, 0) is 12.6 Å². The minimum atomic E-state index is -3.78. The molecule has 5 heteroatoms. The predicted molar refractivity (Wildman–Crippen MR) is 103 cm³/mol. The van der Waals surface area contributed by atoms with Crippen LogP contribution in [0.4, 0.5) is 0 Å². The molecule has 3 nitrogen and oxygen atoms in total. The summed E-state index contributed by atoms with van der Waals surface area (Å²) in [5, 5.41) is 0. The number of benzene rings is 3. The maximum absolute atomic E-state index is 12.7. The summed E-state index contributed by atoms with van der Waals surface area (Å²) in [6.07, 6.45) is 0. The summed E-state index contributed by atoms with van der Waals surface area (Å²) in [6, 6.07) is 22.7. The molecule has 4 rings (SSSR count). The standard InChI is InChI=1S/C19H15IO3S/c1-14-10-12-15(13-11-14)24(21,22)23-20-18-8-4-2-6-16(18)17-7-3-5-9-19(17)20/h2-13H,1H3. The van der Waals surface area contributed by atoms with Gasteiger partial charge in [0.25, 0.3) is 0 Å². The quantitative estimate of drug-likeness (QED) is 0.537. The summed E-state index contributed by atoms with van der Waals surface area (Å²) in [5.74, 6) is 0. The first-order valence-corrected chi connectivity index (χ1v) is 11.9. The summed E-state index contributed by atoms with van der Waals surface area (Å²) < 4.78 is 33.4. The molecule has 0 radical (unpaired) electrons. The Morgan fingerprint density at radius 1 is 0.750 bits per heavy atom. The zero-order valence-electron chi connectivity index (χ0n) is 12.9. The van der Waals surface area contributed by atoms with Crippen LogP contribution in [0.3, 0.4) is 0 Å². The number of fused-ring (bicyclic) bond motifs is 3. The van der Waals surface area contributed by atoms with Crippen molar-refractivity contribution in [1.29, 1.82) is 0 Å². The van der Waals surface area contributed by atoms with Gasteiger partial charge in [-0.2, -0.15) is 0 Å². The molecule has 122 valence electrons. The van der Waals surface area contributed by atoms with E-state index < -0.39 is 30.4 Å². The van der Waals surface area contributed by atoms with Crippen molar-refractivity contribution in [3.8, 4) is 11.1 Å². The zero-order chi connectivity index (χ0) is 16.7. The van der Waals surface area contributed by atoms with Crippen molar-refractivity contribution < 1.29 is 10.9 Å². The van der Waals surface area contributed by atoms with E-state index in [1.165, 1.54) is 0 Å². The molecule has 0 bridgehead atoms. The molecular formula is C19H15IO3S. The molecule has 0 aromatic heterocycles. The third-order valence-electron chi connectivity index (χ3n) is 3.86. The Hall–Kier alpha value is -1.70. The molecule has 1 aliphatic rings. The van der Waals surface area contributed by atoms with Crippen LogP contribution in [0.25, 0.3) is 11.1 Å². The molecule has 1 heterocycles. The van der Waals surface area contributed by atoms with Gasteiger partial charge in [-0.25, -0.2) is 0 Å². The van der Waals surface area contributed by atoms with E-state index in [0.717, 1.165) is 23.8 Å². The van der Waals surface area contributed by atoms with E-state index in [1.807, 2.05) is 55.5 Å². The van der Waals surface area contributed by atoms with Gasteiger partial charge in [-0.05, 0) is 0 Å². The summed E-state index contributed by atoms with van der Waals surface area (Å²) in [6.45, 7) is 1.93. The topological polar surface area (TPSA) is 43.4 Å². The predicted octanol–water partition coefficient (Wildman–Crippen LogP) is 4.84. The molecule has 0 amide bonds. The van der Waals surface area contributed by atoms with E-state index in [1.54, 1.807) is 24.3 Å². The first-order chi connectivity index (χ1) is 11.6. The number of aryl methyl sites for hydroxylation is 1. The van der Waals surface area contributed by atoms with Gasteiger partial charge in [0, 0.05) is 0 Å². The van der Waals surface area contributed by atoms with Crippen LogP contribution in [0, 0.1) is 14.1 Å². The monoisotopic (exact) mass is 450 g/mol. The molecule has 3 aromatic carbocycles. The van der Waals surface area contributed by atoms with Gasteiger partial charge in [0.15, 0.2) is 0 Å². The van der Waals surface area contributed by atoms with Gasteiger partial charge in [0.1, 0.15) is 0 Å². The van der Waals surface area contributed by atoms with Gasteiger partial charge >= 0.3 is 150 Å². The Morgan fingerprint density at radius 2 is 1.25 bits per heavy atom. The molecule has 0 fully saturated rings. The molecule has 0 atom stereocenters. The molecule has 24 heavy (non-hydrogen) atoms. The molecule has 0 saturated carbocycles. The van der Waals surface area contributed by atoms with Crippen molar-refractivity contribution in [2.45, 2.75) is 11.8 Å². The first-order valence-electron chi connectivity index (χ1n) is 7.46. The van der Waals surface area contributed by atoms with Gasteiger partial charge in [-0.1, -0.05) is 0 Å². The summed E-state index contributed by atoms with van der Waals surface area (Å²) in [4.78, 5) is 0.215. The Bertz CT molecular complexity index is 965. The van der Waals surface area contributed by atoms with Crippen LogP contribution in [0.2, 0.25) is 0 Å². The third-order valence-corrected chi connectivity index (χ3v) is 11.5. The second-order valence-corrected chi connectivity index (χ2v) is 11.9. The SMILES string of the molecule is Cc1ccc(S(=O)(=O)OI2c3ccccc3-c3ccccc32)cc1. The average Bonchev–Trinajstić information content (AvgIpc) is 2.90. The molecular weight excluding hydrogens is 435 g/mol. The van der Waals surface area contributed by atoms with Gasteiger partial charge in [0.05, 0.1) is 0 Å². The van der Waals surface area contributed by atoms with Crippen LogP contribution >= 0.6 is 20.2 Å². The second kappa shape index (κ2) is 5.98. The molecule has 0 aliphatic carbocycles. The third kappa shape index (κ3) is 2.66. The number of rotatable bonds is 3. The van der Waals surface area contributed by atoms with Crippen LogP contribution in [-0.4, -0.2) is 8.42 Å². The van der Waals surface area contributed by atoms with Crippen LogP contribution in [0.15, 0.2) is 77.7 Å².